The van der Waals surface area contributed by atoms with E-state index >= 15 is 0 Å². The van der Waals surface area contributed by atoms with Crippen molar-refractivity contribution in [2.24, 2.45) is 11.8 Å². The first kappa shape index (κ1) is 17.0. The summed E-state index contributed by atoms with van der Waals surface area (Å²) in [6.07, 6.45) is 7.38. The molecular weight excluding hydrogens is 329 g/mol. The number of benzene rings is 1. The Bertz CT molecular complexity index is 441. The fourth-order valence-electron chi connectivity index (χ4n) is 3.51. The van der Waals surface area contributed by atoms with Crippen LogP contribution in [0.15, 0.2) is 22.7 Å². The zero-order valence-corrected chi connectivity index (χ0v) is 14.8. The minimum Gasteiger partial charge on any atom is -0.310 e. The second-order valence-electron chi connectivity index (χ2n) is 6.29. The molecule has 1 aromatic rings. The summed E-state index contributed by atoms with van der Waals surface area (Å²) in [5, 5.41) is 3.60. The molecule has 3 heteroatoms. The maximum atomic E-state index is 14.3. The first-order valence-electron chi connectivity index (χ1n) is 8.34. The maximum absolute atomic E-state index is 14.3. The maximum Gasteiger partial charge on any atom is 0.128 e. The summed E-state index contributed by atoms with van der Waals surface area (Å²) >= 11 is 3.48. The Balaban J connectivity index is 2.16. The van der Waals surface area contributed by atoms with Crippen molar-refractivity contribution in [3.63, 3.8) is 0 Å². The monoisotopic (exact) mass is 355 g/mol. The van der Waals surface area contributed by atoms with Crippen LogP contribution in [0.2, 0.25) is 0 Å². The zero-order chi connectivity index (χ0) is 15.2. The van der Waals surface area contributed by atoms with E-state index in [4.69, 9.17) is 0 Å². The average Bonchev–Trinajstić information content (AvgIpc) is 2.51. The van der Waals surface area contributed by atoms with Gasteiger partial charge in [0, 0.05) is 16.1 Å². The lowest BCUT2D eigenvalue weighted by Gasteiger charge is -2.34. The van der Waals surface area contributed by atoms with Gasteiger partial charge in [-0.3, -0.25) is 0 Å². The molecule has 0 bridgehead atoms. The molecule has 21 heavy (non-hydrogen) atoms. The zero-order valence-electron chi connectivity index (χ0n) is 13.2. The predicted molar refractivity (Wildman–Crippen MR) is 90.9 cm³/mol. The van der Waals surface area contributed by atoms with Crippen molar-refractivity contribution < 1.29 is 4.39 Å². The molecule has 1 aromatic carbocycles. The molecule has 118 valence electrons. The molecule has 1 aliphatic rings. The van der Waals surface area contributed by atoms with Gasteiger partial charge in [0.1, 0.15) is 5.82 Å². The van der Waals surface area contributed by atoms with Crippen LogP contribution in [0, 0.1) is 17.7 Å². The van der Waals surface area contributed by atoms with E-state index in [1.54, 1.807) is 12.1 Å². The second-order valence-corrected chi connectivity index (χ2v) is 7.20. The van der Waals surface area contributed by atoms with Crippen LogP contribution in [0.3, 0.4) is 0 Å². The quantitative estimate of drug-likeness (QED) is 0.675. The highest BCUT2D eigenvalue weighted by Crippen LogP contribution is 2.39. The predicted octanol–water partition coefficient (Wildman–Crippen LogP) is 5.85. The van der Waals surface area contributed by atoms with Gasteiger partial charge in [-0.15, -0.1) is 0 Å². The molecule has 0 spiro atoms. The van der Waals surface area contributed by atoms with Crippen LogP contribution < -0.4 is 5.32 Å². The second kappa shape index (κ2) is 8.28. The smallest absolute Gasteiger partial charge is 0.128 e. The van der Waals surface area contributed by atoms with Crippen LogP contribution in [-0.2, 0) is 0 Å². The lowest BCUT2D eigenvalue weighted by molar-refractivity contribution is 0.216. The summed E-state index contributed by atoms with van der Waals surface area (Å²) in [5.74, 6) is 1.35. The molecule has 1 unspecified atom stereocenters. The molecule has 0 radical (unpaired) electrons. The fraction of sp³-hybridized carbons (Fsp3) is 0.667. The molecule has 1 saturated carbocycles. The molecule has 0 amide bonds. The van der Waals surface area contributed by atoms with Gasteiger partial charge in [0.25, 0.3) is 0 Å². The van der Waals surface area contributed by atoms with Gasteiger partial charge in [-0.05, 0) is 55.8 Å². The normalized spacial score (nSPS) is 24.0. The lowest BCUT2D eigenvalue weighted by Crippen LogP contribution is -2.32. The van der Waals surface area contributed by atoms with Crippen molar-refractivity contribution >= 4 is 15.9 Å². The number of halogens is 2. The van der Waals surface area contributed by atoms with Gasteiger partial charge in [0.05, 0.1) is 0 Å². The third-order valence-electron chi connectivity index (χ3n) is 4.85. The molecule has 0 heterocycles. The van der Waals surface area contributed by atoms with Crippen LogP contribution in [-0.4, -0.2) is 6.54 Å². The Labute approximate surface area is 136 Å². The van der Waals surface area contributed by atoms with Crippen molar-refractivity contribution in [2.45, 2.75) is 58.4 Å². The van der Waals surface area contributed by atoms with E-state index in [0.29, 0.717) is 5.92 Å². The summed E-state index contributed by atoms with van der Waals surface area (Å²) in [6, 6.07) is 5.47. The first-order valence-corrected chi connectivity index (χ1v) is 9.13. The average molecular weight is 356 g/mol. The molecule has 1 atom stereocenters. The molecule has 1 N–H and O–H groups in total. The number of rotatable bonds is 6. The summed E-state index contributed by atoms with van der Waals surface area (Å²) in [7, 11) is 0. The molecular formula is C18H27BrFN. The Morgan fingerprint density at radius 3 is 2.57 bits per heavy atom. The van der Waals surface area contributed by atoms with Crippen molar-refractivity contribution in [2.75, 3.05) is 6.54 Å². The van der Waals surface area contributed by atoms with E-state index in [-0.39, 0.29) is 11.9 Å². The molecule has 1 fully saturated rings. The number of hydrogen-bond acceptors (Lipinski definition) is 1. The van der Waals surface area contributed by atoms with Crippen LogP contribution >= 0.6 is 15.9 Å². The number of nitrogens with one attached hydrogen (secondary N) is 1. The van der Waals surface area contributed by atoms with Gasteiger partial charge in [0.2, 0.25) is 0 Å². The van der Waals surface area contributed by atoms with Gasteiger partial charge >= 0.3 is 0 Å². The van der Waals surface area contributed by atoms with Crippen LogP contribution in [0.4, 0.5) is 4.39 Å². The van der Waals surface area contributed by atoms with E-state index in [1.807, 2.05) is 6.07 Å². The third kappa shape index (κ3) is 4.53. The third-order valence-corrected chi connectivity index (χ3v) is 5.34. The van der Waals surface area contributed by atoms with E-state index in [9.17, 15) is 4.39 Å². The highest BCUT2D eigenvalue weighted by atomic mass is 79.9. The summed E-state index contributed by atoms with van der Waals surface area (Å²) < 4.78 is 15.2. The highest BCUT2D eigenvalue weighted by molar-refractivity contribution is 9.10. The van der Waals surface area contributed by atoms with Gasteiger partial charge in [-0.25, -0.2) is 4.39 Å². The topological polar surface area (TPSA) is 12.0 Å². The van der Waals surface area contributed by atoms with E-state index in [2.05, 4.69) is 35.1 Å². The van der Waals surface area contributed by atoms with Gasteiger partial charge < -0.3 is 5.32 Å². The summed E-state index contributed by atoms with van der Waals surface area (Å²) in [5.41, 5.74) is 0.831. The Hall–Kier alpha value is -0.410. The molecule has 0 aliphatic heterocycles. The standard InChI is InChI=1S/C18H27BrFN/c1-3-11-21-18(14-7-5-13(4-2)6-8-14)16-12-15(19)9-10-17(16)20/h9-10,12-14,18,21H,3-8,11H2,1-2H3. The lowest BCUT2D eigenvalue weighted by atomic mass is 9.76. The molecule has 0 saturated heterocycles. The highest BCUT2D eigenvalue weighted by Gasteiger charge is 2.29. The summed E-state index contributed by atoms with van der Waals surface area (Å²) in [6.45, 7) is 5.39. The van der Waals surface area contributed by atoms with E-state index < -0.39 is 0 Å². The van der Waals surface area contributed by atoms with Crippen molar-refractivity contribution in [1.82, 2.24) is 5.32 Å². The van der Waals surface area contributed by atoms with Crippen LogP contribution in [0.25, 0.3) is 0 Å². The summed E-state index contributed by atoms with van der Waals surface area (Å²) in [4.78, 5) is 0. The van der Waals surface area contributed by atoms with Crippen molar-refractivity contribution in [3.05, 3.63) is 34.1 Å². The van der Waals surface area contributed by atoms with Crippen LogP contribution in [0.1, 0.15) is 64.0 Å². The minimum atomic E-state index is -0.0792. The molecule has 0 aromatic heterocycles. The van der Waals surface area contributed by atoms with Crippen molar-refractivity contribution in [3.8, 4) is 0 Å². The van der Waals surface area contributed by atoms with E-state index in [1.165, 1.54) is 32.1 Å². The van der Waals surface area contributed by atoms with Crippen LogP contribution in [0.5, 0.6) is 0 Å². The minimum absolute atomic E-state index is 0.0792. The van der Waals surface area contributed by atoms with Gasteiger partial charge in [-0.2, -0.15) is 0 Å². The molecule has 2 rings (SSSR count). The SMILES string of the molecule is CCCNC(c1cc(Br)ccc1F)C1CCC(CC)CC1. The number of hydrogen-bond donors (Lipinski definition) is 1. The Morgan fingerprint density at radius 1 is 1.24 bits per heavy atom. The first-order chi connectivity index (χ1) is 10.2. The Kier molecular flexibility index (Phi) is 6.69. The van der Waals surface area contributed by atoms with Crippen molar-refractivity contribution in [1.29, 1.82) is 0 Å². The van der Waals surface area contributed by atoms with Gasteiger partial charge in [-0.1, -0.05) is 49.0 Å². The van der Waals surface area contributed by atoms with Gasteiger partial charge in [0.15, 0.2) is 0 Å². The molecule has 1 aliphatic carbocycles. The largest absolute Gasteiger partial charge is 0.310 e. The Morgan fingerprint density at radius 2 is 1.95 bits per heavy atom. The van der Waals surface area contributed by atoms with E-state index in [0.717, 1.165) is 28.9 Å². The fourth-order valence-corrected chi connectivity index (χ4v) is 3.89. The molecule has 1 nitrogen and oxygen atoms in total.